The highest BCUT2D eigenvalue weighted by molar-refractivity contribution is 5.62. The fourth-order valence-electron chi connectivity index (χ4n) is 3.21. The summed E-state index contributed by atoms with van der Waals surface area (Å²) in [6.45, 7) is 2.30. The van der Waals surface area contributed by atoms with E-state index in [0.717, 1.165) is 35.6 Å². The molecule has 1 aromatic carbocycles. The summed E-state index contributed by atoms with van der Waals surface area (Å²) in [5.74, 6) is 1.17. The third kappa shape index (κ3) is 2.63. The van der Waals surface area contributed by atoms with Crippen molar-refractivity contribution < 1.29 is 5.11 Å². The van der Waals surface area contributed by atoms with E-state index in [1.54, 1.807) is 6.20 Å². The van der Waals surface area contributed by atoms with Crippen LogP contribution >= 0.6 is 0 Å². The van der Waals surface area contributed by atoms with E-state index in [9.17, 15) is 5.11 Å². The number of H-pyrrole nitrogens is 1. The molecule has 1 saturated carbocycles. The molecule has 1 aliphatic rings. The predicted molar refractivity (Wildman–Crippen MR) is 80.1 cm³/mol. The Hall–Kier alpha value is -1.61. The average Bonchev–Trinajstić information content (AvgIpc) is 2.97. The number of hydrogen-bond acceptors (Lipinski definition) is 2. The number of hydrogen-bond donors (Lipinski definition) is 2. The zero-order chi connectivity index (χ0) is 13.9. The number of nitrogens with zero attached hydrogens (tertiary/aromatic N) is 1. The normalized spacial score (nSPS) is 24.5. The highest BCUT2D eigenvalue weighted by atomic mass is 16.3. The first-order valence-electron chi connectivity index (χ1n) is 7.52. The van der Waals surface area contributed by atoms with E-state index < -0.39 is 6.10 Å². The van der Waals surface area contributed by atoms with Gasteiger partial charge in [0.15, 0.2) is 0 Å². The molecule has 1 atom stereocenters. The number of rotatable bonds is 3. The van der Waals surface area contributed by atoms with Gasteiger partial charge in [-0.25, -0.2) is 0 Å². The van der Waals surface area contributed by atoms with Crippen molar-refractivity contribution in [3.8, 4) is 11.3 Å². The zero-order valence-corrected chi connectivity index (χ0v) is 11.9. The number of nitrogens with one attached hydrogen (secondary N) is 1. The van der Waals surface area contributed by atoms with Gasteiger partial charge in [-0.2, -0.15) is 5.10 Å². The second-order valence-corrected chi connectivity index (χ2v) is 6.03. The van der Waals surface area contributed by atoms with Crippen LogP contribution in [0.25, 0.3) is 11.3 Å². The van der Waals surface area contributed by atoms with Crippen LogP contribution in [0, 0.1) is 11.8 Å². The largest absolute Gasteiger partial charge is 0.388 e. The lowest BCUT2D eigenvalue weighted by Gasteiger charge is -2.29. The summed E-state index contributed by atoms with van der Waals surface area (Å²) in [6, 6.07) is 10.1. The number of aliphatic hydroxyl groups is 1. The van der Waals surface area contributed by atoms with Gasteiger partial charge in [0.05, 0.1) is 18.0 Å². The Bertz CT molecular complexity index is 541. The summed E-state index contributed by atoms with van der Waals surface area (Å²) < 4.78 is 0. The molecule has 0 saturated heterocycles. The van der Waals surface area contributed by atoms with Crippen molar-refractivity contribution >= 4 is 0 Å². The molecule has 3 nitrogen and oxygen atoms in total. The third-order valence-corrected chi connectivity index (χ3v) is 4.56. The van der Waals surface area contributed by atoms with Gasteiger partial charge in [0, 0.05) is 5.56 Å². The number of benzene rings is 1. The monoisotopic (exact) mass is 270 g/mol. The molecular weight excluding hydrogens is 248 g/mol. The van der Waals surface area contributed by atoms with Crippen LogP contribution in [0.4, 0.5) is 0 Å². The summed E-state index contributed by atoms with van der Waals surface area (Å²) in [4.78, 5) is 0. The number of aliphatic hydroxyl groups excluding tert-OH is 1. The lowest BCUT2D eigenvalue weighted by Crippen LogP contribution is -2.19. The lowest BCUT2D eigenvalue weighted by molar-refractivity contribution is 0.0760. The van der Waals surface area contributed by atoms with E-state index in [-0.39, 0.29) is 0 Å². The third-order valence-electron chi connectivity index (χ3n) is 4.56. The van der Waals surface area contributed by atoms with Gasteiger partial charge in [-0.15, -0.1) is 0 Å². The van der Waals surface area contributed by atoms with E-state index in [1.807, 2.05) is 30.3 Å². The Morgan fingerprint density at radius 1 is 1.15 bits per heavy atom. The Morgan fingerprint density at radius 2 is 1.85 bits per heavy atom. The molecule has 106 valence electrons. The number of aromatic amines is 1. The van der Waals surface area contributed by atoms with Gasteiger partial charge in [-0.1, -0.05) is 50.1 Å². The van der Waals surface area contributed by atoms with E-state index in [0.29, 0.717) is 5.92 Å². The first-order valence-corrected chi connectivity index (χ1v) is 7.52. The minimum atomic E-state index is -0.406. The van der Waals surface area contributed by atoms with Crippen molar-refractivity contribution in [3.63, 3.8) is 0 Å². The standard InChI is InChI=1S/C17H22N2O/c1-12-7-9-14(10-8-12)17(20)15-11-18-19-16(15)13-5-3-2-4-6-13/h2-6,11-12,14,17,20H,7-10H2,1H3,(H,18,19). The molecule has 1 heterocycles. The summed E-state index contributed by atoms with van der Waals surface area (Å²) in [5.41, 5.74) is 2.98. The van der Waals surface area contributed by atoms with Crippen molar-refractivity contribution in [2.45, 2.75) is 38.7 Å². The fraction of sp³-hybridized carbons (Fsp3) is 0.471. The average molecular weight is 270 g/mol. The molecule has 0 bridgehead atoms. The quantitative estimate of drug-likeness (QED) is 0.887. The second-order valence-electron chi connectivity index (χ2n) is 6.03. The second kappa shape index (κ2) is 5.80. The SMILES string of the molecule is CC1CCC(C(O)c2cn[nH]c2-c2ccccc2)CC1. The molecule has 2 aromatic rings. The van der Waals surface area contributed by atoms with Crippen LogP contribution in [0.5, 0.6) is 0 Å². The highest BCUT2D eigenvalue weighted by Crippen LogP contribution is 2.39. The fourth-order valence-corrected chi connectivity index (χ4v) is 3.21. The molecule has 20 heavy (non-hydrogen) atoms. The van der Waals surface area contributed by atoms with Crippen LogP contribution < -0.4 is 0 Å². The van der Waals surface area contributed by atoms with Crippen molar-refractivity contribution in [3.05, 3.63) is 42.1 Å². The van der Waals surface area contributed by atoms with E-state index >= 15 is 0 Å². The molecule has 3 heteroatoms. The molecule has 0 radical (unpaired) electrons. The van der Waals surface area contributed by atoms with Gasteiger partial charge in [0.2, 0.25) is 0 Å². The van der Waals surface area contributed by atoms with Crippen molar-refractivity contribution in [2.24, 2.45) is 11.8 Å². The molecule has 0 aliphatic heterocycles. The lowest BCUT2D eigenvalue weighted by atomic mass is 9.78. The van der Waals surface area contributed by atoms with E-state index in [4.69, 9.17) is 0 Å². The smallest absolute Gasteiger partial charge is 0.0854 e. The summed E-state index contributed by atoms with van der Waals surface area (Å²) in [5, 5.41) is 17.9. The topological polar surface area (TPSA) is 48.9 Å². The van der Waals surface area contributed by atoms with Crippen molar-refractivity contribution in [1.82, 2.24) is 10.2 Å². The van der Waals surface area contributed by atoms with Crippen LogP contribution in [0.15, 0.2) is 36.5 Å². The van der Waals surface area contributed by atoms with E-state index in [2.05, 4.69) is 17.1 Å². The Labute approximate surface area is 120 Å². The van der Waals surface area contributed by atoms with Gasteiger partial charge in [-0.05, 0) is 30.2 Å². The summed E-state index contributed by atoms with van der Waals surface area (Å²) in [7, 11) is 0. The van der Waals surface area contributed by atoms with Crippen LogP contribution in [0.2, 0.25) is 0 Å². The molecule has 0 spiro atoms. The summed E-state index contributed by atoms with van der Waals surface area (Å²) >= 11 is 0. The predicted octanol–water partition coefficient (Wildman–Crippen LogP) is 3.94. The van der Waals surface area contributed by atoms with Gasteiger partial charge in [0.1, 0.15) is 0 Å². The molecule has 1 aromatic heterocycles. The first kappa shape index (κ1) is 13.4. The maximum Gasteiger partial charge on any atom is 0.0854 e. The van der Waals surface area contributed by atoms with Gasteiger partial charge in [0.25, 0.3) is 0 Å². The van der Waals surface area contributed by atoms with Crippen LogP contribution in [-0.4, -0.2) is 15.3 Å². The minimum Gasteiger partial charge on any atom is -0.388 e. The molecule has 3 rings (SSSR count). The maximum atomic E-state index is 10.7. The first-order chi connectivity index (χ1) is 9.75. The highest BCUT2D eigenvalue weighted by Gasteiger charge is 2.28. The van der Waals surface area contributed by atoms with Crippen molar-refractivity contribution in [1.29, 1.82) is 0 Å². The zero-order valence-electron chi connectivity index (χ0n) is 11.9. The van der Waals surface area contributed by atoms with E-state index in [1.165, 1.54) is 12.8 Å². The van der Waals surface area contributed by atoms with Crippen LogP contribution in [-0.2, 0) is 0 Å². The molecular formula is C17H22N2O. The Balaban J connectivity index is 1.82. The molecule has 1 aliphatic carbocycles. The molecule has 1 unspecified atom stereocenters. The molecule has 1 fully saturated rings. The molecule has 0 amide bonds. The number of aromatic nitrogens is 2. The van der Waals surface area contributed by atoms with Gasteiger partial charge in [-0.3, -0.25) is 5.10 Å². The maximum absolute atomic E-state index is 10.7. The summed E-state index contributed by atoms with van der Waals surface area (Å²) in [6.07, 6.45) is 6.05. The van der Waals surface area contributed by atoms with Gasteiger partial charge < -0.3 is 5.11 Å². The Morgan fingerprint density at radius 3 is 2.55 bits per heavy atom. The van der Waals surface area contributed by atoms with Crippen LogP contribution in [0.3, 0.4) is 0 Å². The van der Waals surface area contributed by atoms with Crippen LogP contribution in [0.1, 0.15) is 44.3 Å². The molecule has 2 N–H and O–H groups in total. The minimum absolute atomic E-state index is 0.367. The van der Waals surface area contributed by atoms with Gasteiger partial charge >= 0.3 is 0 Å². The van der Waals surface area contributed by atoms with Crippen molar-refractivity contribution in [2.75, 3.05) is 0 Å². The Kier molecular flexibility index (Phi) is 3.88.